The summed E-state index contributed by atoms with van der Waals surface area (Å²) < 4.78 is 5.29. The lowest BCUT2D eigenvalue weighted by Gasteiger charge is -2.13. The van der Waals surface area contributed by atoms with E-state index < -0.39 is 0 Å². The number of nitrogens with two attached hydrogens (primary N) is 1. The molecule has 0 bridgehead atoms. The third-order valence-corrected chi connectivity index (χ3v) is 2.25. The van der Waals surface area contributed by atoms with E-state index in [1.54, 1.807) is 7.11 Å². The van der Waals surface area contributed by atoms with Gasteiger partial charge in [-0.2, -0.15) is 0 Å². The second-order valence-corrected chi connectivity index (χ2v) is 3.23. The zero-order valence-electron chi connectivity index (χ0n) is 9.45. The minimum absolute atomic E-state index is 0.0661. The molecule has 1 heterocycles. The fourth-order valence-electron chi connectivity index (χ4n) is 1.37. The quantitative estimate of drug-likeness (QED) is 0.568. The number of nitrogen functional groups attached to an aromatic ring is 1. The Balaban J connectivity index is 3.05. The van der Waals surface area contributed by atoms with Crippen molar-refractivity contribution in [3.05, 3.63) is 17.6 Å². The first kappa shape index (κ1) is 11.9. The van der Waals surface area contributed by atoms with Crippen LogP contribution in [0, 0.1) is 0 Å². The average Bonchev–Trinajstić information content (AvgIpc) is 2.30. The molecule has 0 spiro atoms. The van der Waals surface area contributed by atoms with E-state index in [1.807, 2.05) is 19.9 Å². The second kappa shape index (κ2) is 5.63. The molecule has 84 valence electrons. The van der Waals surface area contributed by atoms with E-state index in [-0.39, 0.29) is 6.10 Å². The summed E-state index contributed by atoms with van der Waals surface area (Å²) in [6.07, 6.45) is 1.63. The van der Waals surface area contributed by atoms with Crippen LogP contribution in [0.5, 0.6) is 0 Å². The van der Waals surface area contributed by atoms with Crippen molar-refractivity contribution in [3.63, 3.8) is 0 Å². The van der Waals surface area contributed by atoms with Crippen molar-refractivity contribution in [3.8, 4) is 0 Å². The zero-order valence-corrected chi connectivity index (χ0v) is 9.45. The van der Waals surface area contributed by atoms with Gasteiger partial charge in [-0.3, -0.25) is 0 Å². The Morgan fingerprint density at radius 1 is 1.47 bits per heavy atom. The molecule has 0 aromatic carbocycles. The number of rotatable bonds is 5. The molecule has 5 heteroatoms. The van der Waals surface area contributed by atoms with Crippen LogP contribution < -0.4 is 11.3 Å². The molecule has 1 unspecified atom stereocenters. The topological polar surface area (TPSA) is 73.1 Å². The molecule has 0 fully saturated rings. The number of anilines is 1. The van der Waals surface area contributed by atoms with Crippen molar-refractivity contribution in [2.75, 3.05) is 12.5 Å². The Hall–Kier alpha value is -1.20. The van der Waals surface area contributed by atoms with Crippen LogP contribution in [0.4, 0.5) is 5.82 Å². The van der Waals surface area contributed by atoms with Crippen LogP contribution in [-0.4, -0.2) is 17.1 Å². The van der Waals surface area contributed by atoms with Crippen LogP contribution in [0.2, 0.25) is 0 Å². The molecule has 15 heavy (non-hydrogen) atoms. The van der Waals surface area contributed by atoms with Crippen LogP contribution in [0.15, 0.2) is 6.07 Å². The molecule has 5 nitrogen and oxygen atoms in total. The number of nitrogens with zero attached hydrogens (tertiary/aromatic N) is 2. The number of methoxy groups -OCH3 is 1. The normalized spacial score (nSPS) is 12.5. The lowest BCUT2D eigenvalue weighted by Crippen LogP contribution is -2.14. The third-order valence-electron chi connectivity index (χ3n) is 2.25. The summed E-state index contributed by atoms with van der Waals surface area (Å²) in [5, 5.41) is 0. The monoisotopic (exact) mass is 210 g/mol. The van der Waals surface area contributed by atoms with Gasteiger partial charge in [-0.15, -0.1) is 0 Å². The number of hydrogen-bond donors (Lipinski definition) is 2. The molecular formula is C10H18N4O. The standard InChI is InChI=1S/C10H18N4O/c1-4-7-6-9(14-11)13-10(12-7)8(5-2)15-3/h6,8H,4-5,11H2,1-3H3,(H,12,13,14). The van der Waals surface area contributed by atoms with Gasteiger partial charge in [0.05, 0.1) is 0 Å². The Kier molecular flexibility index (Phi) is 4.45. The summed E-state index contributed by atoms with van der Waals surface area (Å²) in [6, 6.07) is 1.84. The highest BCUT2D eigenvalue weighted by Gasteiger charge is 2.13. The van der Waals surface area contributed by atoms with E-state index in [0.29, 0.717) is 11.6 Å². The molecule has 1 rings (SSSR count). The molecule has 0 aliphatic heterocycles. The minimum Gasteiger partial charge on any atom is -0.373 e. The molecule has 0 aliphatic carbocycles. The van der Waals surface area contributed by atoms with Crippen LogP contribution in [0.1, 0.15) is 37.9 Å². The van der Waals surface area contributed by atoms with Gasteiger partial charge in [0.1, 0.15) is 11.9 Å². The number of hydrogen-bond acceptors (Lipinski definition) is 5. The van der Waals surface area contributed by atoms with E-state index in [4.69, 9.17) is 10.6 Å². The first-order valence-electron chi connectivity index (χ1n) is 5.12. The highest BCUT2D eigenvalue weighted by atomic mass is 16.5. The van der Waals surface area contributed by atoms with Gasteiger partial charge in [-0.25, -0.2) is 15.8 Å². The molecular weight excluding hydrogens is 192 g/mol. The van der Waals surface area contributed by atoms with E-state index in [1.165, 1.54) is 0 Å². The van der Waals surface area contributed by atoms with Crippen molar-refractivity contribution in [2.45, 2.75) is 32.8 Å². The minimum atomic E-state index is -0.0661. The lowest BCUT2D eigenvalue weighted by atomic mass is 10.2. The molecule has 0 saturated carbocycles. The van der Waals surface area contributed by atoms with E-state index in [0.717, 1.165) is 18.5 Å². The molecule has 0 radical (unpaired) electrons. The van der Waals surface area contributed by atoms with E-state index in [2.05, 4.69) is 15.4 Å². The van der Waals surface area contributed by atoms with Gasteiger partial charge in [0, 0.05) is 18.9 Å². The van der Waals surface area contributed by atoms with E-state index in [9.17, 15) is 0 Å². The van der Waals surface area contributed by atoms with Gasteiger partial charge in [0.15, 0.2) is 5.82 Å². The van der Waals surface area contributed by atoms with Crippen molar-refractivity contribution in [2.24, 2.45) is 5.84 Å². The highest BCUT2D eigenvalue weighted by molar-refractivity contribution is 5.34. The van der Waals surface area contributed by atoms with Crippen molar-refractivity contribution in [1.82, 2.24) is 9.97 Å². The summed E-state index contributed by atoms with van der Waals surface area (Å²) in [6.45, 7) is 4.08. The summed E-state index contributed by atoms with van der Waals surface area (Å²) in [5.74, 6) is 6.66. The Morgan fingerprint density at radius 3 is 2.67 bits per heavy atom. The maximum Gasteiger partial charge on any atom is 0.159 e. The average molecular weight is 210 g/mol. The summed E-state index contributed by atoms with van der Waals surface area (Å²) in [7, 11) is 1.66. The number of hydrazine groups is 1. The molecule has 0 amide bonds. The van der Waals surface area contributed by atoms with Gasteiger partial charge in [-0.1, -0.05) is 13.8 Å². The molecule has 1 aromatic rings. The predicted octanol–water partition coefficient (Wildman–Crippen LogP) is 1.42. The third kappa shape index (κ3) is 2.87. The number of aromatic nitrogens is 2. The summed E-state index contributed by atoms with van der Waals surface area (Å²) in [4.78, 5) is 8.68. The number of nitrogens with one attached hydrogen (secondary N) is 1. The smallest absolute Gasteiger partial charge is 0.159 e. The number of aryl methyl sites for hydroxylation is 1. The largest absolute Gasteiger partial charge is 0.373 e. The molecule has 0 saturated heterocycles. The van der Waals surface area contributed by atoms with Gasteiger partial charge >= 0.3 is 0 Å². The van der Waals surface area contributed by atoms with Crippen LogP contribution in [0.25, 0.3) is 0 Å². The molecule has 1 aromatic heterocycles. The molecule has 3 N–H and O–H groups in total. The van der Waals surface area contributed by atoms with Crippen molar-refractivity contribution >= 4 is 5.82 Å². The predicted molar refractivity (Wildman–Crippen MR) is 59.3 cm³/mol. The molecule has 0 aliphatic rings. The maximum absolute atomic E-state index is 5.34. The lowest BCUT2D eigenvalue weighted by molar-refractivity contribution is 0.0925. The Bertz CT molecular complexity index is 290. The molecule has 1 atom stereocenters. The van der Waals surface area contributed by atoms with Gasteiger partial charge < -0.3 is 10.2 Å². The number of ether oxygens (including phenoxy) is 1. The Labute approximate surface area is 90.0 Å². The summed E-state index contributed by atoms with van der Waals surface area (Å²) >= 11 is 0. The van der Waals surface area contributed by atoms with Crippen molar-refractivity contribution in [1.29, 1.82) is 0 Å². The first-order chi connectivity index (χ1) is 7.24. The fourth-order valence-corrected chi connectivity index (χ4v) is 1.37. The Morgan fingerprint density at radius 2 is 2.20 bits per heavy atom. The van der Waals surface area contributed by atoms with Crippen LogP contribution in [-0.2, 0) is 11.2 Å². The second-order valence-electron chi connectivity index (χ2n) is 3.23. The van der Waals surface area contributed by atoms with Gasteiger partial charge in [0.2, 0.25) is 0 Å². The van der Waals surface area contributed by atoms with Crippen LogP contribution >= 0.6 is 0 Å². The SMILES string of the molecule is CCc1cc(NN)nc(C(CC)OC)n1. The maximum atomic E-state index is 5.34. The van der Waals surface area contributed by atoms with Gasteiger partial charge in [-0.05, 0) is 12.8 Å². The first-order valence-corrected chi connectivity index (χ1v) is 5.12. The van der Waals surface area contributed by atoms with Gasteiger partial charge in [0.25, 0.3) is 0 Å². The fraction of sp³-hybridized carbons (Fsp3) is 0.600. The van der Waals surface area contributed by atoms with E-state index >= 15 is 0 Å². The summed E-state index contributed by atoms with van der Waals surface area (Å²) in [5.41, 5.74) is 3.50. The van der Waals surface area contributed by atoms with Crippen molar-refractivity contribution < 1.29 is 4.74 Å². The zero-order chi connectivity index (χ0) is 11.3. The highest BCUT2D eigenvalue weighted by Crippen LogP contribution is 2.18. The van der Waals surface area contributed by atoms with Crippen LogP contribution in [0.3, 0.4) is 0 Å².